The van der Waals surface area contributed by atoms with Gasteiger partial charge < -0.3 is 0 Å². The van der Waals surface area contributed by atoms with Gasteiger partial charge in [0.05, 0.1) is 0 Å². The van der Waals surface area contributed by atoms with Gasteiger partial charge in [0.25, 0.3) is 0 Å². The van der Waals surface area contributed by atoms with Crippen LogP contribution in [0.2, 0.25) is 0 Å². The van der Waals surface area contributed by atoms with Crippen LogP contribution in [0.1, 0.15) is 6.42 Å². The van der Waals surface area contributed by atoms with Crippen molar-refractivity contribution in [3.63, 3.8) is 0 Å². The molecule has 7 heteroatoms. The van der Waals surface area contributed by atoms with Gasteiger partial charge in [-0.3, -0.25) is 19.9 Å². The highest BCUT2D eigenvalue weighted by Crippen LogP contribution is 2.19. The first-order chi connectivity index (χ1) is 6.16. The Labute approximate surface area is 84.9 Å². The Morgan fingerprint density at radius 2 is 2.38 bits per heavy atom. The second kappa shape index (κ2) is 3.15. The Morgan fingerprint density at radius 1 is 1.62 bits per heavy atom. The summed E-state index contributed by atoms with van der Waals surface area (Å²) in [6, 6.07) is 0. The molecule has 0 spiro atoms. The smallest absolute Gasteiger partial charge is 0.230 e. The van der Waals surface area contributed by atoms with Crippen LogP contribution >= 0.6 is 24.8 Å². The lowest BCUT2D eigenvalue weighted by molar-refractivity contribution is -0.117. The quantitative estimate of drug-likeness (QED) is 0.473. The van der Waals surface area contributed by atoms with Gasteiger partial charge in [-0.25, -0.2) is 0 Å². The number of rotatable bonds is 1. The van der Waals surface area contributed by atoms with Crippen LogP contribution in [-0.4, -0.2) is 32.9 Å². The molecule has 70 valence electrons. The van der Waals surface area contributed by atoms with E-state index in [4.69, 9.17) is 12.2 Å². The van der Waals surface area contributed by atoms with Gasteiger partial charge in [-0.1, -0.05) is 0 Å². The first-order valence-electron chi connectivity index (χ1n) is 3.80. The molecule has 0 radical (unpaired) electrons. The molecule has 0 aromatic carbocycles. The van der Waals surface area contributed by atoms with E-state index in [1.165, 1.54) is 0 Å². The van der Waals surface area contributed by atoms with Gasteiger partial charge in [-0.15, -0.1) is 0 Å². The second-order valence-electron chi connectivity index (χ2n) is 2.85. The zero-order chi connectivity index (χ0) is 9.42. The summed E-state index contributed by atoms with van der Waals surface area (Å²) in [5.74, 6) is 0.504. The van der Waals surface area contributed by atoms with Crippen molar-refractivity contribution in [3.8, 4) is 0 Å². The number of carbonyl (C=O) groups is 1. The summed E-state index contributed by atoms with van der Waals surface area (Å²) in [4.78, 5) is 16.9. The maximum absolute atomic E-state index is 11.4. The molecular formula is C6H8N4OS2. The van der Waals surface area contributed by atoms with Crippen molar-refractivity contribution in [2.45, 2.75) is 11.7 Å². The molecule has 0 bridgehead atoms. The third kappa shape index (κ3) is 1.61. The predicted octanol–water partition coefficient (Wildman–Crippen LogP) is 0.502. The zero-order valence-electron chi connectivity index (χ0n) is 6.65. The van der Waals surface area contributed by atoms with Crippen LogP contribution in [0.3, 0.4) is 0 Å². The van der Waals surface area contributed by atoms with Crippen molar-refractivity contribution >= 4 is 36.7 Å². The topological polar surface area (TPSA) is 64.8 Å². The van der Waals surface area contributed by atoms with E-state index in [0.29, 0.717) is 23.7 Å². The Kier molecular flexibility index (Phi) is 2.12. The van der Waals surface area contributed by atoms with Gasteiger partial charge >= 0.3 is 0 Å². The molecule has 2 rings (SSSR count). The summed E-state index contributed by atoms with van der Waals surface area (Å²) in [6.45, 7) is 0.581. The predicted molar refractivity (Wildman–Crippen MR) is 53.5 cm³/mol. The van der Waals surface area contributed by atoms with E-state index in [0.717, 1.165) is 0 Å². The summed E-state index contributed by atoms with van der Waals surface area (Å²) in [6.07, 6.45) is 0.455. The van der Waals surface area contributed by atoms with Crippen molar-refractivity contribution < 1.29 is 4.79 Å². The van der Waals surface area contributed by atoms with Gasteiger partial charge in [0, 0.05) is 18.2 Å². The molecule has 1 saturated heterocycles. The van der Waals surface area contributed by atoms with Crippen molar-refractivity contribution in [2.24, 2.45) is 0 Å². The van der Waals surface area contributed by atoms with Crippen LogP contribution in [0.4, 0.5) is 5.95 Å². The number of aromatic amines is 2. The fraction of sp³-hybridized carbons (Fsp3) is 0.500. The van der Waals surface area contributed by atoms with E-state index < -0.39 is 0 Å². The van der Waals surface area contributed by atoms with E-state index in [1.807, 2.05) is 0 Å². The number of amides is 1. The molecule has 1 unspecified atom stereocenters. The maximum atomic E-state index is 11.4. The van der Waals surface area contributed by atoms with Crippen molar-refractivity contribution in [1.82, 2.24) is 15.2 Å². The van der Waals surface area contributed by atoms with Gasteiger partial charge in [0.1, 0.15) is 0 Å². The minimum absolute atomic E-state index is 0.0257. The second-order valence-corrected chi connectivity index (χ2v) is 3.97. The lowest BCUT2D eigenvalue weighted by Crippen LogP contribution is -2.25. The first kappa shape index (κ1) is 8.76. The number of H-pyrrole nitrogens is 2. The molecule has 0 saturated carbocycles. The van der Waals surface area contributed by atoms with E-state index in [9.17, 15) is 4.79 Å². The fourth-order valence-corrected chi connectivity index (χ4v) is 1.74. The van der Waals surface area contributed by atoms with E-state index in [1.54, 1.807) is 4.90 Å². The maximum Gasteiger partial charge on any atom is 0.230 e. The highest BCUT2D eigenvalue weighted by atomic mass is 32.1. The summed E-state index contributed by atoms with van der Waals surface area (Å²) in [5, 5.41) is 5.46. The third-order valence-electron chi connectivity index (χ3n) is 1.85. The third-order valence-corrected chi connectivity index (χ3v) is 2.39. The van der Waals surface area contributed by atoms with Crippen molar-refractivity contribution in [3.05, 3.63) is 4.77 Å². The van der Waals surface area contributed by atoms with Gasteiger partial charge in [0.2, 0.25) is 16.6 Å². The summed E-state index contributed by atoms with van der Waals surface area (Å²) in [5.41, 5.74) is 0. The number of hydrogen-bond donors (Lipinski definition) is 3. The number of aromatic nitrogens is 3. The molecule has 1 amide bonds. The minimum Gasteiger partial charge on any atom is -0.280 e. The van der Waals surface area contributed by atoms with Crippen LogP contribution < -0.4 is 4.90 Å². The summed E-state index contributed by atoms with van der Waals surface area (Å²) < 4.78 is 0.352. The lowest BCUT2D eigenvalue weighted by Gasteiger charge is -2.10. The summed E-state index contributed by atoms with van der Waals surface area (Å²) >= 11 is 9.01. The molecular weight excluding hydrogens is 208 g/mol. The monoisotopic (exact) mass is 216 g/mol. The number of hydrogen-bond acceptors (Lipinski definition) is 4. The average molecular weight is 216 g/mol. The molecule has 5 nitrogen and oxygen atoms in total. The molecule has 1 aromatic heterocycles. The summed E-state index contributed by atoms with van der Waals surface area (Å²) in [7, 11) is 0. The molecule has 1 aromatic rings. The van der Waals surface area contributed by atoms with Crippen LogP contribution in [0.5, 0.6) is 0 Å². The number of nitrogens with zero attached hydrogens (tertiary/aromatic N) is 2. The highest BCUT2D eigenvalue weighted by molar-refractivity contribution is 7.81. The van der Waals surface area contributed by atoms with Crippen LogP contribution in [0.25, 0.3) is 0 Å². The van der Waals surface area contributed by atoms with Crippen LogP contribution in [-0.2, 0) is 4.79 Å². The van der Waals surface area contributed by atoms with Gasteiger partial charge in [0.15, 0.2) is 0 Å². The Bertz CT molecular complexity index is 384. The zero-order valence-corrected chi connectivity index (χ0v) is 8.36. The van der Waals surface area contributed by atoms with Gasteiger partial charge in [-0.2, -0.15) is 17.6 Å². The number of anilines is 1. The normalized spacial score (nSPS) is 22.7. The van der Waals surface area contributed by atoms with Gasteiger partial charge in [-0.05, 0) is 12.2 Å². The van der Waals surface area contributed by atoms with Crippen molar-refractivity contribution in [1.29, 1.82) is 0 Å². The SMILES string of the molecule is O=C1CC(S)CN1c1nc(=S)[nH][nH]1. The van der Waals surface area contributed by atoms with Crippen LogP contribution in [0.15, 0.2) is 0 Å². The molecule has 2 N–H and O–H groups in total. The Balaban J connectivity index is 2.27. The van der Waals surface area contributed by atoms with Crippen LogP contribution in [0, 0.1) is 4.77 Å². The molecule has 1 aliphatic rings. The Hall–Kier alpha value is -0.820. The standard InChI is InChI=1S/C6H8N4OS2/c11-4-1-3(12)2-10(4)5-7-6(13)9-8-5/h3,12H,1-2H2,(H2,7,8,9,13). The van der Waals surface area contributed by atoms with E-state index >= 15 is 0 Å². The van der Waals surface area contributed by atoms with E-state index in [2.05, 4.69) is 27.8 Å². The van der Waals surface area contributed by atoms with Crippen molar-refractivity contribution in [2.75, 3.05) is 11.4 Å². The fourth-order valence-electron chi connectivity index (χ4n) is 1.28. The number of nitrogens with one attached hydrogen (secondary N) is 2. The Morgan fingerprint density at radius 3 is 2.85 bits per heavy atom. The molecule has 1 atom stereocenters. The lowest BCUT2D eigenvalue weighted by atomic mass is 10.4. The van der Waals surface area contributed by atoms with E-state index in [-0.39, 0.29) is 11.2 Å². The number of carbonyl (C=O) groups excluding carboxylic acids is 1. The first-order valence-corrected chi connectivity index (χ1v) is 4.72. The number of thiol groups is 1. The molecule has 13 heavy (non-hydrogen) atoms. The largest absolute Gasteiger partial charge is 0.280 e. The molecule has 2 heterocycles. The molecule has 1 aliphatic heterocycles. The average Bonchev–Trinajstić information content (AvgIpc) is 2.58. The molecule has 1 fully saturated rings. The highest BCUT2D eigenvalue weighted by Gasteiger charge is 2.29. The minimum atomic E-state index is 0.0257. The molecule has 0 aliphatic carbocycles.